The number of nitrogens with zero attached hydrogens (tertiary/aromatic N) is 1. The Hall–Kier alpha value is -2.96. The van der Waals surface area contributed by atoms with Gasteiger partial charge in [-0.2, -0.15) is 0 Å². The van der Waals surface area contributed by atoms with Crippen LogP contribution in [0.2, 0.25) is 0 Å². The van der Waals surface area contributed by atoms with Crippen molar-refractivity contribution in [3.63, 3.8) is 0 Å². The number of imide groups is 1. The van der Waals surface area contributed by atoms with E-state index < -0.39 is 0 Å². The lowest BCUT2D eigenvalue weighted by atomic mass is 9.85. The molecule has 136 valence electrons. The maximum Gasteiger partial charge on any atom is 0.233 e. The Morgan fingerprint density at radius 3 is 2.19 bits per heavy atom. The van der Waals surface area contributed by atoms with Gasteiger partial charge in [-0.05, 0) is 31.0 Å². The Bertz CT molecular complexity index is 761. The van der Waals surface area contributed by atoms with Gasteiger partial charge in [-0.15, -0.1) is 0 Å². The van der Waals surface area contributed by atoms with Gasteiger partial charge in [0.2, 0.25) is 23.6 Å². The lowest BCUT2D eigenvalue weighted by Crippen LogP contribution is -2.34. The highest BCUT2D eigenvalue weighted by molar-refractivity contribution is 6.06. The van der Waals surface area contributed by atoms with Crippen LogP contribution in [0.5, 0.6) is 0 Å². The summed E-state index contributed by atoms with van der Waals surface area (Å²) in [6.07, 6.45) is 5.09. The number of carbonyl (C=O) groups is 4. The molecule has 1 aliphatic carbocycles. The first-order valence-electron chi connectivity index (χ1n) is 8.63. The summed E-state index contributed by atoms with van der Waals surface area (Å²) >= 11 is 0. The molecule has 0 spiro atoms. The zero-order valence-electron chi connectivity index (χ0n) is 14.5. The number of benzene rings is 1. The van der Waals surface area contributed by atoms with Crippen molar-refractivity contribution in [3.8, 4) is 0 Å². The van der Waals surface area contributed by atoms with E-state index in [-0.39, 0.29) is 48.4 Å². The van der Waals surface area contributed by atoms with Crippen molar-refractivity contribution < 1.29 is 19.2 Å². The van der Waals surface area contributed by atoms with Crippen LogP contribution >= 0.6 is 0 Å². The van der Waals surface area contributed by atoms with Crippen molar-refractivity contribution in [1.82, 2.24) is 4.90 Å². The van der Waals surface area contributed by atoms with E-state index in [1.54, 1.807) is 24.3 Å². The standard InChI is InChI=1S/C19H21N3O4/c1-12(23)20-13-5-4-6-14(11-13)21-17(24)9-10-22-18(25)15-7-2-3-8-16(15)19(22)26/h2-6,11,15-16H,7-10H2,1H3,(H,20,23)(H,21,24)/t15-,16-/m1/s1. The fourth-order valence-electron chi connectivity index (χ4n) is 3.40. The largest absolute Gasteiger partial charge is 0.326 e. The van der Waals surface area contributed by atoms with E-state index in [4.69, 9.17) is 0 Å². The molecule has 0 saturated carbocycles. The second-order valence-corrected chi connectivity index (χ2v) is 6.54. The maximum atomic E-state index is 12.4. The van der Waals surface area contributed by atoms with Crippen LogP contribution in [-0.4, -0.2) is 35.1 Å². The summed E-state index contributed by atoms with van der Waals surface area (Å²) < 4.78 is 0. The van der Waals surface area contributed by atoms with Crippen molar-refractivity contribution in [2.75, 3.05) is 17.2 Å². The van der Waals surface area contributed by atoms with Crippen molar-refractivity contribution in [2.45, 2.75) is 26.2 Å². The average molecular weight is 355 g/mol. The molecule has 1 heterocycles. The van der Waals surface area contributed by atoms with Crippen LogP contribution in [0.25, 0.3) is 0 Å². The summed E-state index contributed by atoms with van der Waals surface area (Å²) in [5, 5.41) is 5.36. The van der Waals surface area contributed by atoms with Gasteiger partial charge in [-0.1, -0.05) is 18.2 Å². The van der Waals surface area contributed by atoms with E-state index in [9.17, 15) is 19.2 Å². The third-order valence-electron chi connectivity index (χ3n) is 4.63. The number of anilines is 2. The first-order valence-corrected chi connectivity index (χ1v) is 8.63. The summed E-state index contributed by atoms with van der Waals surface area (Å²) in [6.45, 7) is 1.49. The Balaban J connectivity index is 1.55. The van der Waals surface area contributed by atoms with Crippen LogP contribution in [0.3, 0.4) is 0 Å². The monoisotopic (exact) mass is 355 g/mol. The molecule has 7 heteroatoms. The topological polar surface area (TPSA) is 95.6 Å². The van der Waals surface area contributed by atoms with Crippen molar-refractivity contribution in [3.05, 3.63) is 36.4 Å². The van der Waals surface area contributed by atoms with Crippen molar-refractivity contribution >= 4 is 35.0 Å². The molecule has 1 fully saturated rings. The number of rotatable bonds is 5. The highest BCUT2D eigenvalue weighted by atomic mass is 16.2. The van der Waals surface area contributed by atoms with Crippen LogP contribution in [-0.2, 0) is 19.2 Å². The summed E-state index contributed by atoms with van der Waals surface area (Å²) in [4.78, 5) is 49.2. The number of hydrogen-bond acceptors (Lipinski definition) is 4. The first kappa shape index (κ1) is 17.8. The van der Waals surface area contributed by atoms with Crippen molar-refractivity contribution in [1.29, 1.82) is 0 Å². The molecule has 0 unspecified atom stereocenters. The first-order chi connectivity index (χ1) is 12.5. The van der Waals surface area contributed by atoms with Crippen molar-refractivity contribution in [2.24, 2.45) is 11.8 Å². The quantitative estimate of drug-likeness (QED) is 0.623. The van der Waals surface area contributed by atoms with E-state index in [1.807, 2.05) is 12.2 Å². The van der Waals surface area contributed by atoms with Gasteiger partial charge in [0.25, 0.3) is 0 Å². The van der Waals surface area contributed by atoms with E-state index >= 15 is 0 Å². The number of carbonyl (C=O) groups excluding carboxylic acids is 4. The molecule has 0 aromatic heterocycles. The van der Waals surface area contributed by atoms with E-state index in [1.165, 1.54) is 11.8 Å². The minimum atomic E-state index is -0.293. The van der Waals surface area contributed by atoms with Gasteiger partial charge in [0, 0.05) is 31.3 Å². The van der Waals surface area contributed by atoms with Gasteiger partial charge in [-0.3, -0.25) is 24.1 Å². The predicted molar refractivity (Wildman–Crippen MR) is 96.1 cm³/mol. The summed E-state index contributed by atoms with van der Waals surface area (Å²) in [5.74, 6) is -1.39. The summed E-state index contributed by atoms with van der Waals surface area (Å²) in [6, 6.07) is 6.78. The normalized spacial score (nSPS) is 21.5. The van der Waals surface area contributed by atoms with E-state index in [0.717, 1.165) is 0 Å². The highest BCUT2D eigenvalue weighted by Crippen LogP contribution is 2.35. The number of allylic oxidation sites excluding steroid dienone is 2. The van der Waals surface area contributed by atoms with Crippen LogP contribution in [0.15, 0.2) is 36.4 Å². The number of hydrogen-bond donors (Lipinski definition) is 2. The predicted octanol–water partition coefficient (Wildman–Crippen LogP) is 1.92. The third-order valence-corrected chi connectivity index (χ3v) is 4.63. The molecular formula is C19H21N3O4. The molecule has 4 amide bonds. The second-order valence-electron chi connectivity index (χ2n) is 6.54. The number of fused-ring (bicyclic) bond motifs is 1. The fraction of sp³-hybridized carbons (Fsp3) is 0.368. The molecule has 2 atom stereocenters. The fourth-order valence-corrected chi connectivity index (χ4v) is 3.40. The Morgan fingerprint density at radius 2 is 1.62 bits per heavy atom. The van der Waals surface area contributed by atoms with Crippen LogP contribution in [0.1, 0.15) is 26.2 Å². The number of nitrogens with one attached hydrogen (secondary N) is 2. The molecule has 1 saturated heterocycles. The third kappa shape index (κ3) is 3.82. The van der Waals surface area contributed by atoms with Crippen LogP contribution in [0, 0.1) is 11.8 Å². The highest BCUT2D eigenvalue weighted by Gasteiger charge is 2.46. The molecule has 3 rings (SSSR count). The maximum absolute atomic E-state index is 12.4. The van der Waals surface area contributed by atoms with E-state index in [0.29, 0.717) is 24.2 Å². The molecule has 0 radical (unpaired) electrons. The van der Waals surface area contributed by atoms with Gasteiger partial charge in [0.1, 0.15) is 0 Å². The Morgan fingerprint density at radius 1 is 1.04 bits per heavy atom. The molecule has 1 aliphatic heterocycles. The Labute approximate surface area is 151 Å². The van der Waals surface area contributed by atoms with Gasteiger partial charge in [0.05, 0.1) is 11.8 Å². The summed E-state index contributed by atoms with van der Waals surface area (Å²) in [5.41, 5.74) is 1.12. The molecule has 1 aromatic rings. The molecule has 2 N–H and O–H groups in total. The summed E-state index contributed by atoms with van der Waals surface area (Å²) in [7, 11) is 0. The van der Waals surface area contributed by atoms with Crippen LogP contribution < -0.4 is 10.6 Å². The zero-order chi connectivity index (χ0) is 18.7. The minimum absolute atomic E-state index is 0.0364. The lowest BCUT2D eigenvalue weighted by Gasteiger charge is -2.14. The molecule has 7 nitrogen and oxygen atoms in total. The number of likely N-dealkylation sites (tertiary alicyclic amines) is 1. The minimum Gasteiger partial charge on any atom is -0.326 e. The van der Waals surface area contributed by atoms with Crippen LogP contribution in [0.4, 0.5) is 11.4 Å². The van der Waals surface area contributed by atoms with Gasteiger partial charge in [0.15, 0.2) is 0 Å². The van der Waals surface area contributed by atoms with Gasteiger partial charge in [-0.25, -0.2) is 0 Å². The molecule has 2 aliphatic rings. The molecular weight excluding hydrogens is 334 g/mol. The SMILES string of the molecule is CC(=O)Nc1cccc(NC(=O)CCN2C(=O)[C@@H]3CC=CC[C@H]3C2=O)c1. The van der Waals surface area contributed by atoms with Gasteiger partial charge >= 0.3 is 0 Å². The molecule has 1 aromatic carbocycles. The molecule has 26 heavy (non-hydrogen) atoms. The zero-order valence-corrected chi connectivity index (χ0v) is 14.5. The lowest BCUT2D eigenvalue weighted by molar-refractivity contribution is -0.140. The smallest absolute Gasteiger partial charge is 0.233 e. The van der Waals surface area contributed by atoms with E-state index in [2.05, 4.69) is 10.6 Å². The number of amides is 4. The second kappa shape index (κ2) is 7.51. The Kier molecular flexibility index (Phi) is 5.16. The molecule has 0 bridgehead atoms. The van der Waals surface area contributed by atoms with Gasteiger partial charge < -0.3 is 10.6 Å². The average Bonchev–Trinajstić information content (AvgIpc) is 2.84.